The van der Waals surface area contributed by atoms with Gasteiger partial charge in [0.15, 0.2) is 0 Å². The summed E-state index contributed by atoms with van der Waals surface area (Å²) in [6.45, 7) is 4.32. The number of benzene rings is 18. The molecule has 0 bridgehead atoms. The molecule has 134 heavy (non-hydrogen) atoms. The smallest absolute Gasteiger partial charge is 0.149 e. The van der Waals surface area contributed by atoms with Crippen LogP contribution in [-0.2, 0) is 74.0 Å². The number of nitrogens with zero attached hydrogens (tertiary/aromatic N) is 7. The van der Waals surface area contributed by atoms with Gasteiger partial charge in [0.1, 0.15) is 34.5 Å². The number of hydrogen-bond donors (Lipinski definition) is 6. The first-order chi connectivity index (χ1) is 64.2. The molecule has 0 amide bonds. The number of aliphatic imine (C=N–C) groups is 3. The van der Waals surface area contributed by atoms with E-state index >= 15 is 0 Å². The molecule has 6 N–H and O–H groups in total. The zero-order chi connectivity index (χ0) is 88.3. The first-order valence-corrected chi connectivity index (χ1v) is 43.6. The first kappa shape index (κ1) is 86.7. The number of phenolic OH excluding ortho intramolecular Hbond substituents is 6. The third-order valence-corrected chi connectivity index (χ3v) is 26.3. The third-order valence-electron chi connectivity index (χ3n) is 26.3. The molecule has 16 heteroatoms. The van der Waals surface area contributed by atoms with Gasteiger partial charge in [0.2, 0.25) is 0 Å². The second-order valence-corrected chi connectivity index (χ2v) is 34.0. The van der Waals surface area contributed by atoms with Crippen molar-refractivity contribution in [2.45, 2.75) is 24.7 Å². The van der Waals surface area contributed by atoms with Crippen molar-refractivity contribution in [2.24, 2.45) is 15.0 Å². The molecule has 0 radical (unpaired) electrons. The molecule has 25 rings (SSSR count). The monoisotopic (exact) mass is 2270 g/mol. The van der Waals surface area contributed by atoms with Crippen LogP contribution in [0.5, 0.6) is 34.5 Å². The molecule has 0 fully saturated rings. The van der Waals surface area contributed by atoms with Crippen LogP contribution < -0.4 is 0 Å². The zero-order valence-electron chi connectivity index (χ0n) is 71.9. The van der Waals surface area contributed by atoms with Crippen molar-refractivity contribution in [3.05, 3.63) is 439 Å². The maximum atomic E-state index is 12.7. The van der Waals surface area contributed by atoms with E-state index in [1.807, 2.05) is 237 Å². The first-order valence-electron chi connectivity index (χ1n) is 43.6. The van der Waals surface area contributed by atoms with Crippen LogP contribution in [0.25, 0.3) is 159 Å². The Hall–Kier alpha value is -15.4. The quantitative estimate of drug-likeness (QED) is 0.0721. The Morgan fingerprint density at radius 2 is 0.575 bits per heavy atom. The van der Waals surface area contributed by atoms with Gasteiger partial charge in [0.25, 0.3) is 0 Å². The number of rotatable bonds is 10. The van der Waals surface area contributed by atoms with Gasteiger partial charge in [-0.1, -0.05) is 311 Å². The Morgan fingerprint density at radius 1 is 0.261 bits per heavy atom. The number of fused-ring (bicyclic) bond motifs is 22. The van der Waals surface area contributed by atoms with Crippen LogP contribution in [0.3, 0.4) is 0 Å². The molecular weight excluding hydrogens is 2200 g/mol. The van der Waals surface area contributed by atoms with Crippen LogP contribution >= 0.6 is 0 Å². The topological polar surface area (TPSA) is 202 Å². The maximum Gasteiger partial charge on any atom is 0.149 e. The molecule has 652 valence electrons. The SMILES string of the molecule is CC1(C)c2ccccc2-c2ccc(-c3nc(C=Nc4cccc5cccc(O)c45)cc4ccccc34)c(O)c21.Oc1c(-c2nc(C=Nc3cccc4cccc(O)c34)cc3ccccc23)ccc2c1C1(c3ccccc3-c3ccccc31)c1ccccc1-2.Oc1cccc2cccc(N=Cc3cc4ccccc4c(-c4ccc5c6ccccc6n(-c6ccccc6)c5c4O)n3)c12.[Pt].[Pt].[Pt]. The third kappa shape index (κ3) is 14.3. The van der Waals surface area contributed by atoms with Gasteiger partial charge in [-0.25, -0.2) is 15.0 Å². The standard InChI is InChI=1S/C45H28N2O2.C38H25N3O2.C35H26N2O2.3Pt/c48-40-22-10-13-27-12-9-21-39(41(27)40)46-26-29-25-28-11-1-2-14-30(28)43(47-29)35-24-23-34-33-17-5-8-20-38(33)45(42(34)44(35)49)36-18-6-3-15-31(36)32-16-4-7-19-37(32)45;42-34-19-9-12-24-11-8-17-32(35(24)34)39-23-26-22-25-10-4-5-15-28(25)36(40-26)31-21-20-30-29-16-6-7-18-33(29)41(37(30)38(31)43)27-13-2-1-3-14-27;1-35(2)28-14-6-5-13-25(28)26-17-18-27(34(39)32(26)35)33-24-12-4-3-9-22(24)19-23(37-33)20-36-29-15-7-10-21-11-8-16-30(38)31(21)29;;;/h1-26,48-49H;1-23,42-43H;3-20,38-39H,1-2H3;;;. The summed E-state index contributed by atoms with van der Waals surface area (Å²) in [5, 5.41) is 80.9. The average Bonchev–Trinajstić information content (AvgIpc) is 1.50. The van der Waals surface area contributed by atoms with Crippen LogP contribution in [0.2, 0.25) is 0 Å². The fourth-order valence-electron chi connectivity index (χ4n) is 20.6. The maximum absolute atomic E-state index is 12.7. The summed E-state index contributed by atoms with van der Waals surface area (Å²) >= 11 is 0. The van der Waals surface area contributed by atoms with Crippen molar-refractivity contribution < 1.29 is 93.8 Å². The van der Waals surface area contributed by atoms with Crippen molar-refractivity contribution in [3.63, 3.8) is 0 Å². The average molecular weight is 2280 g/mol. The van der Waals surface area contributed by atoms with Gasteiger partial charge in [-0.3, -0.25) is 15.0 Å². The van der Waals surface area contributed by atoms with Gasteiger partial charge in [-0.2, -0.15) is 0 Å². The minimum absolute atomic E-state index is 0. The van der Waals surface area contributed by atoms with Crippen LogP contribution in [0.1, 0.15) is 64.3 Å². The minimum atomic E-state index is -0.676. The van der Waals surface area contributed by atoms with Gasteiger partial charge >= 0.3 is 0 Å². The second-order valence-electron chi connectivity index (χ2n) is 34.0. The van der Waals surface area contributed by atoms with Crippen molar-refractivity contribution in [1.82, 2.24) is 19.5 Å². The van der Waals surface area contributed by atoms with E-state index in [0.29, 0.717) is 84.1 Å². The normalized spacial score (nSPS) is 12.7. The summed E-state index contributed by atoms with van der Waals surface area (Å²) in [7, 11) is 0. The van der Waals surface area contributed by atoms with Gasteiger partial charge in [0.05, 0.1) is 86.3 Å². The molecule has 3 aliphatic carbocycles. The van der Waals surface area contributed by atoms with E-state index in [4.69, 9.17) is 29.9 Å². The Labute approximate surface area is 814 Å². The second kappa shape index (κ2) is 35.1. The number of aromatic hydroxyl groups is 6. The number of aromatic nitrogens is 4. The molecule has 18 aromatic carbocycles. The predicted octanol–water partition coefficient (Wildman–Crippen LogP) is 28.4. The van der Waals surface area contributed by atoms with E-state index in [9.17, 15) is 30.6 Å². The number of pyridine rings is 3. The van der Waals surface area contributed by atoms with Crippen LogP contribution in [0.15, 0.2) is 403 Å². The molecule has 22 aromatic rings. The fourth-order valence-corrected chi connectivity index (χ4v) is 20.6. The molecule has 4 aromatic heterocycles. The summed E-state index contributed by atoms with van der Waals surface area (Å²) in [6.07, 6.45) is 5.18. The molecule has 13 nitrogen and oxygen atoms in total. The fraction of sp³-hybridized carbons (Fsp3) is 0.0339. The molecule has 0 saturated carbocycles. The molecule has 1 spiro atoms. The van der Waals surface area contributed by atoms with E-state index in [1.54, 1.807) is 36.8 Å². The molecule has 0 aliphatic heterocycles. The van der Waals surface area contributed by atoms with Crippen molar-refractivity contribution in [3.8, 4) is 107 Å². The Kier molecular flexibility index (Phi) is 22.7. The van der Waals surface area contributed by atoms with Gasteiger partial charge in [0, 0.05) is 145 Å². The molecule has 0 saturated heterocycles. The van der Waals surface area contributed by atoms with Crippen LogP contribution in [0.4, 0.5) is 17.1 Å². The van der Waals surface area contributed by atoms with E-state index < -0.39 is 5.41 Å². The zero-order valence-corrected chi connectivity index (χ0v) is 78.8. The summed E-state index contributed by atoms with van der Waals surface area (Å²) in [6, 6.07) is 129. The number of para-hydroxylation sites is 2. The minimum Gasteiger partial charge on any atom is -0.507 e. The van der Waals surface area contributed by atoms with E-state index in [0.717, 1.165) is 109 Å². The Balaban J connectivity index is 0.000000124. The van der Waals surface area contributed by atoms with Gasteiger partial charge in [-0.05, 0) is 179 Å². The van der Waals surface area contributed by atoms with Crippen molar-refractivity contribution in [2.75, 3.05) is 0 Å². The summed E-state index contributed by atoms with van der Waals surface area (Å²) < 4.78 is 2.12. The largest absolute Gasteiger partial charge is 0.507 e. The Bertz CT molecular complexity index is 8570. The molecule has 3 aliphatic rings. The van der Waals surface area contributed by atoms with Crippen molar-refractivity contribution >= 4 is 122 Å². The van der Waals surface area contributed by atoms with E-state index in [1.165, 1.54) is 33.4 Å². The van der Waals surface area contributed by atoms with Gasteiger partial charge in [-0.15, -0.1) is 0 Å². The van der Waals surface area contributed by atoms with Crippen LogP contribution in [0, 0.1) is 0 Å². The number of phenols is 6. The van der Waals surface area contributed by atoms with E-state index in [2.05, 4.69) is 152 Å². The summed E-state index contributed by atoms with van der Waals surface area (Å²) in [4.78, 5) is 29.5. The molecule has 4 heterocycles. The predicted molar refractivity (Wildman–Crippen MR) is 533 cm³/mol. The molecule has 0 atom stereocenters. The van der Waals surface area contributed by atoms with Crippen molar-refractivity contribution in [1.29, 1.82) is 0 Å². The Morgan fingerprint density at radius 3 is 1.01 bits per heavy atom. The molecule has 0 unspecified atom stereocenters. The van der Waals surface area contributed by atoms with Crippen LogP contribution in [-0.4, -0.2) is 68.8 Å². The molecular formula is C118H79N7O6Pt3. The van der Waals surface area contributed by atoms with E-state index in [-0.39, 0.29) is 103 Å². The number of hydrogen-bond acceptors (Lipinski definition) is 12. The summed E-state index contributed by atoms with van der Waals surface area (Å²) in [5.74, 6) is 1.22. The van der Waals surface area contributed by atoms with Gasteiger partial charge < -0.3 is 35.2 Å². The summed E-state index contributed by atoms with van der Waals surface area (Å²) in [5.41, 5.74) is 23.0.